The summed E-state index contributed by atoms with van der Waals surface area (Å²) in [7, 11) is 0. The van der Waals surface area contributed by atoms with E-state index in [0.29, 0.717) is 5.75 Å². The molecule has 4 rings (SSSR count). The lowest BCUT2D eigenvalue weighted by Gasteiger charge is -2.51. The summed E-state index contributed by atoms with van der Waals surface area (Å²) in [6, 6.07) is 16.3. The van der Waals surface area contributed by atoms with Crippen molar-refractivity contribution in [2.75, 3.05) is 10.7 Å². The number of halogens is 1. The average Bonchev–Trinajstić information content (AvgIpc) is 3.11. The van der Waals surface area contributed by atoms with Gasteiger partial charge < -0.3 is 4.90 Å². The molecule has 1 amide bonds. The standard InChI is InChI=1S/C23H24ClN3OS2/c1-15-25-26-21(30-15)29-13-20(28)27-19-8-6-5-7-18(19)23(4,14-22(27,2)3)16-9-11-17(24)12-10-16/h5-12H,13-14H2,1-4H3/t23-/m0/s1. The first-order valence-corrected chi connectivity index (χ1v) is 12.0. The zero-order valence-corrected chi connectivity index (χ0v) is 19.9. The molecule has 1 aliphatic heterocycles. The Hall–Kier alpha value is -1.89. The highest BCUT2D eigenvalue weighted by Gasteiger charge is 2.47. The van der Waals surface area contributed by atoms with Crippen molar-refractivity contribution >= 4 is 46.3 Å². The molecule has 156 valence electrons. The normalized spacial score (nSPS) is 20.1. The highest BCUT2D eigenvalue weighted by atomic mass is 35.5. The quantitative estimate of drug-likeness (QED) is 0.443. The van der Waals surface area contributed by atoms with Crippen molar-refractivity contribution in [1.82, 2.24) is 10.2 Å². The molecule has 0 spiro atoms. The van der Waals surface area contributed by atoms with Gasteiger partial charge in [0.05, 0.1) is 5.75 Å². The third kappa shape index (κ3) is 3.88. The maximum atomic E-state index is 13.4. The Morgan fingerprint density at radius 3 is 2.50 bits per heavy atom. The van der Waals surface area contributed by atoms with E-state index in [-0.39, 0.29) is 16.9 Å². The van der Waals surface area contributed by atoms with Crippen LogP contribution in [-0.2, 0) is 10.2 Å². The van der Waals surface area contributed by atoms with Gasteiger partial charge in [0.25, 0.3) is 0 Å². The van der Waals surface area contributed by atoms with Crippen LogP contribution < -0.4 is 4.90 Å². The third-order valence-corrected chi connectivity index (χ3v) is 7.90. The van der Waals surface area contributed by atoms with Crippen molar-refractivity contribution in [2.24, 2.45) is 0 Å². The molecule has 7 heteroatoms. The minimum absolute atomic E-state index is 0.0865. The number of carbonyl (C=O) groups excluding carboxylic acids is 1. The van der Waals surface area contributed by atoms with Gasteiger partial charge in [0, 0.05) is 21.7 Å². The molecule has 1 atom stereocenters. The fourth-order valence-corrected chi connectivity index (χ4v) is 6.36. The number of hydrogen-bond acceptors (Lipinski definition) is 5. The van der Waals surface area contributed by atoms with Gasteiger partial charge in [-0.3, -0.25) is 4.79 Å². The van der Waals surface area contributed by atoms with Crippen LogP contribution in [0.2, 0.25) is 5.02 Å². The van der Waals surface area contributed by atoms with Crippen LogP contribution in [0, 0.1) is 6.92 Å². The number of aromatic nitrogens is 2. The van der Waals surface area contributed by atoms with Gasteiger partial charge in [-0.05, 0) is 56.5 Å². The molecule has 2 heterocycles. The van der Waals surface area contributed by atoms with E-state index in [9.17, 15) is 4.79 Å². The van der Waals surface area contributed by atoms with E-state index in [1.807, 2.05) is 36.1 Å². The van der Waals surface area contributed by atoms with Gasteiger partial charge >= 0.3 is 0 Å². The zero-order valence-electron chi connectivity index (χ0n) is 17.5. The number of rotatable bonds is 4. The number of thioether (sulfide) groups is 1. The summed E-state index contributed by atoms with van der Waals surface area (Å²) >= 11 is 9.11. The Morgan fingerprint density at radius 1 is 1.13 bits per heavy atom. The highest BCUT2D eigenvalue weighted by Crippen LogP contribution is 2.50. The molecule has 0 aliphatic carbocycles. The van der Waals surface area contributed by atoms with Gasteiger partial charge in [-0.25, -0.2) is 0 Å². The molecule has 0 fully saturated rings. The topological polar surface area (TPSA) is 46.1 Å². The maximum Gasteiger partial charge on any atom is 0.237 e. The fourth-order valence-electron chi connectivity index (χ4n) is 4.57. The molecule has 0 radical (unpaired) electrons. The summed E-state index contributed by atoms with van der Waals surface area (Å²) < 4.78 is 0.829. The van der Waals surface area contributed by atoms with Crippen LogP contribution >= 0.6 is 34.7 Å². The van der Waals surface area contributed by atoms with E-state index < -0.39 is 0 Å². The number of nitrogens with zero attached hydrogens (tertiary/aromatic N) is 3. The molecule has 2 aromatic carbocycles. The van der Waals surface area contributed by atoms with E-state index >= 15 is 0 Å². The molecule has 0 bridgehead atoms. The molecular weight excluding hydrogens is 434 g/mol. The number of aryl methyl sites for hydroxylation is 1. The van der Waals surface area contributed by atoms with Gasteiger partial charge in [0.2, 0.25) is 5.91 Å². The predicted octanol–water partition coefficient (Wildman–Crippen LogP) is 6.11. The monoisotopic (exact) mass is 457 g/mol. The summed E-state index contributed by atoms with van der Waals surface area (Å²) in [6.07, 6.45) is 0.812. The van der Waals surface area contributed by atoms with E-state index in [4.69, 9.17) is 11.6 Å². The molecule has 3 aromatic rings. The van der Waals surface area contributed by atoms with Crippen LogP contribution in [0.4, 0.5) is 5.69 Å². The van der Waals surface area contributed by atoms with Gasteiger partial charge in [-0.2, -0.15) is 0 Å². The largest absolute Gasteiger partial charge is 0.306 e. The molecule has 0 N–H and O–H groups in total. The van der Waals surface area contributed by atoms with Crippen molar-refractivity contribution in [3.05, 3.63) is 69.7 Å². The van der Waals surface area contributed by atoms with Gasteiger partial charge in [0.15, 0.2) is 4.34 Å². The first kappa shape index (κ1) is 21.3. The summed E-state index contributed by atoms with van der Waals surface area (Å²) in [5.74, 6) is 0.424. The summed E-state index contributed by atoms with van der Waals surface area (Å²) in [5, 5.41) is 9.81. The molecule has 1 aromatic heterocycles. The zero-order chi connectivity index (χ0) is 21.5. The Morgan fingerprint density at radius 2 is 1.83 bits per heavy atom. The molecule has 1 aliphatic rings. The van der Waals surface area contributed by atoms with Crippen LogP contribution in [0.15, 0.2) is 52.9 Å². The second kappa shape index (κ2) is 7.98. The van der Waals surface area contributed by atoms with Crippen LogP contribution in [0.25, 0.3) is 0 Å². The van der Waals surface area contributed by atoms with Crippen molar-refractivity contribution in [3.63, 3.8) is 0 Å². The van der Waals surface area contributed by atoms with Crippen molar-refractivity contribution in [3.8, 4) is 0 Å². The molecule has 30 heavy (non-hydrogen) atoms. The molecule has 0 saturated heterocycles. The molecule has 0 saturated carbocycles. The first-order chi connectivity index (χ1) is 14.2. The number of carbonyl (C=O) groups is 1. The first-order valence-electron chi connectivity index (χ1n) is 9.82. The lowest BCUT2D eigenvalue weighted by Crippen LogP contribution is -2.56. The van der Waals surface area contributed by atoms with Gasteiger partial charge in [0.1, 0.15) is 5.01 Å². The number of benzene rings is 2. The number of amides is 1. The number of fused-ring (bicyclic) bond motifs is 1. The van der Waals surface area contributed by atoms with E-state index in [0.717, 1.165) is 32.0 Å². The minimum Gasteiger partial charge on any atom is -0.306 e. The lowest BCUT2D eigenvalue weighted by atomic mass is 9.65. The summed E-state index contributed by atoms with van der Waals surface area (Å²) in [6.45, 7) is 8.48. The smallest absolute Gasteiger partial charge is 0.237 e. The second-order valence-electron chi connectivity index (χ2n) is 8.45. The SMILES string of the molecule is Cc1nnc(SCC(=O)N2c3ccccc3[C@](C)(c3ccc(Cl)cc3)CC2(C)C)s1. The average molecular weight is 458 g/mol. The van der Waals surface area contributed by atoms with Gasteiger partial charge in [-0.1, -0.05) is 72.0 Å². The van der Waals surface area contributed by atoms with Crippen molar-refractivity contribution in [2.45, 2.75) is 49.4 Å². The van der Waals surface area contributed by atoms with E-state index in [1.165, 1.54) is 28.7 Å². The number of hydrogen-bond donors (Lipinski definition) is 0. The second-order valence-corrected chi connectivity index (χ2v) is 11.3. The van der Waals surface area contributed by atoms with E-state index in [1.54, 1.807) is 0 Å². The fraction of sp³-hybridized carbons (Fsp3) is 0.348. The third-order valence-electron chi connectivity index (χ3n) is 5.69. The van der Waals surface area contributed by atoms with Crippen LogP contribution in [-0.4, -0.2) is 27.4 Å². The van der Waals surface area contributed by atoms with Crippen molar-refractivity contribution < 1.29 is 4.79 Å². The van der Waals surface area contributed by atoms with Crippen LogP contribution in [0.5, 0.6) is 0 Å². The van der Waals surface area contributed by atoms with Gasteiger partial charge in [-0.15, -0.1) is 10.2 Å². The maximum absolute atomic E-state index is 13.4. The summed E-state index contributed by atoms with van der Waals surface area (Å²) in [4.78, 5) is 15.4. The Labute approximate surface area is 190 Å². The van der Waals surface area contributed by atoms with Crippen molar-refractivity contribution in [1.29, 1.82) is 0 Å². The van der Waals surface area contributed by atoms with Crippen LogP contribution in [0.3, 0.4) is 0 Å². The molecule has 0 unspecified atom stereocenters. The predicted molar refractivity (Wildman–Crippen MR) is 126 cm³/mol. The number of para-hydroxylation sites is 1. The molecular formula is C23H24ClN3OS2. The summed E-state index contributed by atoms with van der Waals surface area (Å²) in [5.41, 5.74) is 2.78. The Bertz CT molecular complexity index is 1080. The number of anilines is 1. The highest BCUT2D eigenvalue weighted by molar-refractivity contribution is 8.01. The Kier molecular flexibility index (Phi) is 5.68. The van der Waals surface area contributed by atoms with E-state index in [2.05, 4.69) is 55.2 Å². The minimum atomic E-state index is -0.350. The molecule has 4 nitrogen and oxygen atoms in total. The Balaban J connectivity index is 1.71. The lowest BCUT2D eigenvalue weighted by molar-refractivity contribution is -0.117. The van der Waals surface area contributed by atoms with Crippen LogP contribution in [0.1, 0.15) is 43.3 Å².